The number of Topliss-reactive ketones (excluding diaryl/α,β-unsaturated/α-hetero) is 1. The number of carbonyl (C=O) groups is 1. The fourth-order valence-electron chi connectivity index (χ4n) is 7.53. The zero-order valence-electron chi connectivity index (χ0n) is 31.8. The van der Waals surface area contributed by atoms with Crippen molar-refractivity contribution < 1.29 is 22.3 Å². The van der Waals surface area contributed by atoms with Crippen LogP contribution >= 0.6 is 0 Å². The van der Waals surface area contributed by atoms with Crippen LogP contribution in [-0.4, -0.2) is 36.3 Å². The summed E-state index contributed by atoms with van der Waals surface area (Å²) in [6, 6.07) is 37.3. The topological polar surface area (TPSA) is 128 Å². The highest BCUT2D eigenvalue weighted by Gasteiger charge is 2.25. The fraction of sp³-hybridized carbons (Fsp3) is 0.170. The number of nitrogens with zero attached hydrogens (tertiary/aromatic N) is 2. The number of imidazole rings is 1. The van der Waals surface area contributed by atoms with Crippen molar-refractivity contribution >= 4 is 15.8 Å². The molecule has 1 atom stereocenters. The second-order valence-corrected chi connectivity index (χ2v) is 15.8. The van der Waals surface area contributed by atoms with Gasteiger partial charge in [0.2, 0.25) is 10.0 Å². The molecule has 0 saturated heterocycles. The molecular formula is C47H43FN4O4S. The van der Waals surface area contributed by atoms with E-state index in [4.69, 9.17) is 14.9 Å². The molecular weight excluding hydrogens is 736 g/mol. The van der Waals surface area contributed by atoms with Gasteiger partial charge in [-0.15, -0.1) is 0 Å². The first-order valence-corrected chi connectivity index (χ1v) is 20.2. The van der Waals surface area contributed by atoms with Crippen LogP contribution < -0.4 is 9.88 Å². The van der Waals surface area contributed by atoms with Crippen LogP contribution in [-0.2, 0) is 42.1 Å². The molecule has 7 rings (SSSR count). The maximum Gasteiger partial charge on any atom is 0.238 e. The largest absolute Gasteiger partial charge is 0.496 e. The normalized spacial score (nSPS) is 12.0. The Bertz CT molecular complexity index is 2630. The summed E-state index contributed by atoms with van der Waals surface area (Å²) < 4.78 is 45.1. The van der Waals surface area contributed by atoms with Gasteiger partial charge in [-0.2, -0.15) is 0 Å². The lowest BCUT2D eigenvalue weighted by atomic mass is 9.81. The number of carbonyl (C=O) groups excluding carboxylic acids is 1. The van der Waals surface area contributed by atoms with Crippen LogP contribution in [0.3, 0.4) is 0 Å². The number of aromatic nitrogens is 3. The number of hydrogen-bond donors (Lipinski definition) is 2. The summed E-state index contributed by atoms with van der Waals surface area (Å²) in [5.74, 6) is 0.976. The average Bonchev–Trinajstić information content (AvgIpc) is 3.75. The van der Waals surface area contributed by atoms with Crippen molar-refractivity contribution in [2.24, 2.45) is 5.14 Å². The SMILES string of the molecule is COc1c(Cc2ccc(F)cc2)ccc(C(Cc2cccc(C(C)=O)c2)Cc2cccc(S(N)(=O)=O)c2)c1Cc1ncccc1Cc1cccc(-c2ncc[nH]2)c1. The Morgan fingerprint density at radius 3 is 2.19 bits per heavy atom. The average molecular weight is 779 g/mol. The van der Waals surface area contributed by atoms with E-state index in [1.165, 1.54) is 18.2 Å². The van der Waals surface area contributed by atoms with Crippen LogP contribution in [0, 0.1) is 5.82 Å². The maximum absolute atomic E-state index is 13.9. The molecule has 0 saturated carbocycles. The second-order valence-electron chi connectivity index (χ2n) is 14.3. The van der Waals surface area contributed by atoms with Gasteiger partial charge in [0, 0.05) is 53.8 Å². The molecule has 0 aliphatic heterocycles. The smallest absolute Gasteiger partial charge is 0.238 e. The van der Waals surface area contributed by atoms with Crippen molar-refractivity contribution in [1.82, 2.24) is 15.0 Å². The Morgan fingerprint density at radius 1 is 0.754 bits per heavy atom. The number of methoxy groups -OCH3 is 1. The van der Waals surface area contributed by atoms with Crippen LogP contribution in [0.5, 0.6) is 5.75 Å². The number of halogens is 1. The van der Waals surface area contributed by atoms with Gasteiger partial charge in [-0.25, -0.2) is 22.9 Å². The highest BCUT2D eigenvalue weighted by molar-refractivity contribution is 7.89. The second kappa shape index (κ2) is 17.3. The van der Waals surface area contributed by atoms with Crippen molar-refractivity contribution in [3.8, 4) is 17.1 Å². The molecule has 288 valence electrons. The van der Waals surface area contributed by atoms with Gasteiger partial charge >= 0.3 is 0 Å². The number of nitrogens with two attached hydrogens (primary N) is 1. The Morgan fingerprint density at radius 2 is 1.47 bits per heavy atom. The van der Waals surface area contributed by atoms with Gasteiger partial charge in [0.25, 0.3) is 0 Å². The van der Waals surface area contributed by atoms with Crippen molar-refractivity contribution in [2.75, 3.05) is 7.11 Å². The zero-order chi connectivity index (χ0) is 39.9. The molecule has 57 heavy (non-hydrogen) atoms. The van der Waals surface area contributed by atoms with Crippen LogP contribution in [0.2, 0.25) is 0 Å². The Labute approximate surface area is 332 Å². The molecule has 0 spiro atoms. The molecule has 2 heterocycles. The molecule has 0 radical (unpaired) electrons. The quantitative estimate of drug-likeness (QED) is 0.100. The van der Waals surface area contributed by atoms with Crippen molar-refractivity contribution in [1.29, 1.82) is 0 Å². The first-order chi connectivity index (χ1) is 27.5. The minimum absolute atomic E-state index is 0.0286. The van der Waals surface area contributed by atoms with E-state index in [2.05, 4.69) is 40.3 Å². The molecule has 0 aliphatic carbocycles. The summed E-state index contributed by atoms with van der Waals surface area (Å²) in [5, 5.41) is 5.57. The molecule has 0 amide bonds. The number of rotatable bonds is 15. The lowest BCUT2D eigenvalue weighted by Crippen LogP contribution is -2.15. The molecule has 3 N–H and O–H groups in total. The van der Waals surface area contributed by atoms with Gasteiger partial charge in [0.15, 0.2) is 5.78 Å². The predicted molar refractivity (Wildman–Crippen MR) is 220 cm³/mol. The van der Waals surface area contributed by atoms with E-state index in [-0.39, 0.29) is 22.4 Å². The summed E-state index contributed by atoms with van der Waals surface area (Å²) in [6.07, 6.45) is 7.93. The summed E-state index contributed by atoms with van der Waals surface area (Å²) >= 11 is 0. The zero-order valence-corrected chi connectivity index (χ0v) is 32.6. The first-order valence-electron chi connectivity index (χ1n) is 18.7. The minimum atomic E-state index is -3.94. The van der Waals surface area contributed by atoms with Crippen LogP contribution in [0.4, 0.5) is 4.39 Å². The third-order valence-electron chi connectivity index (χ3n) is 10.3. The van der Waals surface area contributed by atoms with Gasteiger partial charge in [-0.1, -0.05) is 78.9 Å². The molecule has 2 aromatic heterocycles. The van der Waals surface area contributed by atoms with E-state index >= 15 is 0 Å². The standard InChI is InChI=1S/C47H43FN4O4S/c1-31(53)36-10-3-7-33(24-36)27-40(28-35-9-5-13-42(29-35)57(49,54)55)43-19-16-38(23-32-14-17-41(48)18-15-32)46(56-2)44(43)30-45-37(12-6-20-50-45)25-34-8-4-11-39(26-34)47-51-21-22-52-47/h3-22,24,26,29,40H,23,25,27-28,30H2,1-2H3,(H,51,52)(H2,49,54,55). The molecule has 0 aliphatic rings. The summed E-state index contributed by atoms with van der Waals surface area (Å²) in [6.45, 7) is 1.55. The number of aromatic amines is 1. The monoisotopic (exact) mass is 778 g/mol. The molecule has 0 fully saturated rings. The molecule has 5 aromatic carbocycles. The number of sulfonamides is 1. The number of pyridine rings is 1. The number of hydrogen-bond acceptors (Lipinski definition) is 6. The predicted octanol–water partition coefficient (Wildman–Crippen LogP) is 8.81. The number of primary sulfonamides is 1. The summed E-state index contributed by atoms with van der Waals surface area (Å²) in [7, 11) is -2.27. The molecule has 8 nitrogen and oxygen atoms in total. The van der Waals surface area contributed by atoms with Crippen molar-refractivity contribution in [3.63, 3.8) is 0 Å². The first kappa shape index (κ1) is 39.0. The molecule has 1 unspecified atom stereocenters. The number of H-pyrrole nitrogens is 1. The fourth-order valence-corrected chi connectivity index (χ4v) is 8.11. The Hall–Kier alpha value is -6.23. The van der Waals surface area contributed by atoms with Gasteiger partial charge in [0.05, 0.1) is 12.0 Å². The maximum atomic E-state index is 13.9. The number of benzene rings is 5. The van der Waals surface area contributed by atoms with Gasteiger partial charge < -0.3 is 9.72 Å². The van der Waals surface area contributed by atoms with Crippen molar-refractivity contribution in [2.45, 2.75) is 49.8 Å². The Balaban J connectivity index is 1.35. The molecule has 0 bridgehead atoms. The third-order valence-corrected chi connectivity index (χ3v) is 11.2. The summed E-state index contributed by atoms with van der Waals surface area (Å²) in [5.41, 5.74) is 10.2. The van der Waals surface area contributed by atoms with Crippen LogP contribution in [0.1, 0.15) is 73.4 Å². The van der Waals surface area contributed by atoms with E-state index in [1.54, 1.807) is 56.9 Å². The molecule has 10 heteroatoms. The number of nitrogens with one attached hydrogen (secondary N) is 1. The lowest BCUT2D eigenvalue weighted by Gasteiger charge is -2.25. The van der Waals surface area contributed by atoms with E-state index in [1.807, 2.05) is 48.5 Å². The Kier molecular flexibility index (Phi) is 11.8. The number of ketones is 1. The highest BCUT2D eigenvalue weighted by Crippen LogP contribution is 2.38. The highest BCUT2D eigenvalue weighted by atomic mass is 32.2. The summed E-state index contributed by atoms with van der Waals surface area (Å²) in [4.78, 5) is 25.1. The van der Waals surface area contributed by atoms with Gasteiger partial charge in [-0.3, -0.25) is 9.78 Å². The minimum Gasteiger partial charge on any atom is -0.496 e. The molecule has 7 aromatic rings. The van der Waals surface area contributed by atoms with Gasteiger partial charge in [-0.05, 0) is 114 Å². The van der Waals surface area contributed by atoms with E-state index < -0.39 is 10.0 Å². The van der Waals surface area contributed by atoms with Gasteiger partial charge in [0.1, 0.15) is 17.4 Å². The van der Waals surface area contributed by atoms with Crippen LogP contribution in [0.15, 0.2) is 145 Å². The van der Waals surface area contributed by atoms with E-state index in [9.17, 15) is 17.6 Å². The van der Waals surface area contributed by atoms with Crippen LogP contribution in [0.25, 0.3) is 11.4 Å². The van der Waals surface area contributed by atoms with E-state index in [0.717, 1.165) is 61.6 Å². The van der Waals surface area contributed by atoms with E-state index in [0.29, 0.717) is 43.4 Å². The lowest BCUT2D eigenvalue weighted by molar-refractivity contribution is 0.101. The van der Waals surface area contributed by atoms with Crippen molar-refractivity contribution in [3.05, 3.63) is 202 Å². The third kappa shape index (κ3) is 9.60. The number of ether oxygens (including phenoxy) is 1.